The van der Waals surface area contributed by atoms with Crippen molar-refractivity contribution in [3.63, 3.8) is 0 Å². The van der Waals surface area contributed by atoms with Crippen LogP contribution in [0.5, 0.6) is 0 Å². The van der Waals surface area contributed by atoms with Crippen molar-refractivity contribution in [2.24, 2.45) is 0 Å². The first kappa shape index (κ1) is 16.5. The van der Waals surface area contributed by atoms with E-state index in [1.807, 2.05) is 0 Å². The Morgan fingerprint density at radius 2 is 2.09 bits per heavy atom. The highest BCUT2D eigenvalue weighted by atomic mass is 35.5. The zero-order valence-corrected chi connectivity index (χ0v) is 11.7. The third-order valence-electron chi connectivity index (χ3n) is 3.45. The van der Waals surface area contributed by atoms with Crippen molar-refractivity contribution in [1.82, 2.24) is 4.90 Å². The second-order valence-electron chi connectivity index (χ2n) is 4.92. The molecule has 10 heteroatoms. The normalized spacial score (nSPS) is 22.0. The van der Waals surface area contributed by atoms with E-state index in [0.29, 0.717) is 0 Å². The number of hydrogen-bond acceptors (Lipinski definition) is 4. The first-order chi connectivity index (χ1) is 10.0. The van der Waals surface area contributed by atoms with Gasteiger partial charge in [-0.15, -0.1) is 0 Å². The lowest BCUT2D eigenvalue weighted by Crippen LogP contribution is -2.48. The van der Waals surface area contributed by atoms with Gasteiger partial charge in [0.1, 0.15) is 5.56 Å². The van der Waals surface area contributed by atoms with E-state index in [1.165, 1.54) is 6.07 Å². The van der Waals surface area contributed by atoms with E-state index in [1.54, 1.807) is 0 Å². The van der Waals surface area contributed by atoms with Crippen LogP contribution in [0.15, 0.2) is 18.2 Å². The van der Waals surface area contributed by atoms with Crippen molar-refractivity contribution in [2.45, 2.75) is 18.2 Å². The number of carbonyl (C=O) groups excluding carboxylic acids is 1. The number of aliphatic hydroxyl groups is 1. The van der Waals surface area contributed by atoms with Gasteiger partial charge in [-0.1, -0.05) is 11.6 Å². The third-order valence-corrected chi connectivity index (χ3v) is 3.68. The highest BCUT2D eigenvalue weighted by Crippen LogP contribution is 2.38. The summed E-state index contributed by atoms with van der Waals surface area (Å²) in [6.07, 6.45) is -5.57. The Morgan fingerprint density at radius 1 is 1.45 bits per heavy atom. The number of likely N-dealkylation sites (tertiary alicyclic amines) is 1. The van der Waals surface area contributed by atoms with Gasteiger partial charge in [0, 0.05) is 24.1 Å². The van der Waals surface area contributed by atoms with Gasteiger partial charge in [0.25, 0.3) is 11.6 Å². The van der Waals surface area contributed by atoms with Gasteiger partial charge < -0.3 is 10.0 Å². The monoisotopic (exact) mass is 338 g/mol. The molecule has 1 saturated heterocycles. The van der Waals surface area contributed by atoms with Gasteiger partial charge in [-0.25, -0.2) is 0 Å². The highest BCUT2D eigenvalue weighted by molar-refractivity contribution is 6.31. The molecular formula is C12H10ClF3N2O4. The predicted octanol–water partition coefficient (Wildman–Crippen LogP) is 2.39. The minimum Gasteiger partial charge on any atom is -0.379 e. The summed E-state index contributed by atoms with van der Waals surface area (Å²) in [7, 11) is 0. The van der Waals surface area contributed by atoms with E-state index in [9.17, 15) is 33.2 Å². The van der Waals surface area contributed by atoms with Gasteiger partial charge in [0.2, 0.25) is 0 Å². The summed E-state index contributed by atoms with van der Waals surface area (Å²) in [5.74, 6) is -0.977. The van der Waals surface area contributed by atoms with Gasteiger partial charge in [0.05, 0.1) is 11.5 Å². The maximum atomic E-state index is 12.7. The van der Waals surface area contributed by atoms with Crippen molar-refractivity contribution >= 4 is 23.2 Å². The largest absolute Gasteiger partial charge is 0.419 e. The quantitative estimate of drug-likeness (QED) is 0.663. The summed E-state index contributed by atoms with van der Waals surface area (Å²) in [4.78, 5) is 23.0. The number of halogens is 4. The lowest BCUT2D eigenvalue weighted by molar-refractivity contribution is -0.385. The molecule has 22 heavy (non-hydrogen) atoms. The first-order valence-corrected chi connectivity index (χ1v) is 6.45. The lowest BCUT2D eigenvalue weighted by atomic mass is 10.0. The SMILES string of the molecule is O=C(c1cc(Cl)ccc1[N+](=O)[O-])N1CC[C@](O)(C(F)(F)F)C1. The molecule has 1 aliphatic heterocycles. The summed E-state index contributed by atoms with van der Waals surface area (Å²) in [5, 5.41) is 20.5. The topological polar surface area (TPSA) is 83.7 Å². The van der Waals surface area contributed by atoms with E-state index in [-0.39, 0.29) is 11.6 Å². The standard InChI is InChI=1S/C12H10ClF3N2O4/c13-7-1-2-9(18(21)22)8(5-7)10(19)17-4-3-11(20,6-17)12(14,15)16/h1-2,5,20H,3-4,6H2/t11-/m1/s1. The Kier molecular flexibility index (Phi) is 4.05. The minimum atomic E-state index is -4.89. The number of β-amino-alcohol motifs (C(OH)–C–C–N with tert-alkyl or cyclic N) is 1. The zero-order valence-electron chi connectivity index (χ0n) is 10.9. The molecule has 1 fully saturated rings. The van der Waals surface area contributed by atoms with E-state index >= 15 is 0 Å². The van der Waals surface area contributed by atoms with Crippen molar-refractivity contribution < 1.29 is 28.0 Å². The number of alkyl halides is 3. The van der Waals surface area contributed by atoms with E-state index in [2.05, 4.69) is 0 Å². The number of hydrogen-bond donors (Lipinski definition) is 1. The van der Waals surface area contributed by atoms with Crippen LogP contribution in [-0.2, 0) is 0 Å². The number of nitro benzene ring substituents is 1. The predicted molar refractivity (Wildman–Crippen MR) is 69.6 cm³/mol. The fraction of sp³-hybridized carbons (Fsp3) is 0.417. The van der Waals surface area contributed by atoms with Crippen molar-refractivity contribution in [3.05, 3.63) is 38.9 Å². The molecule has 1 N–H and O–H groups in total. The molecule has 0 unspecified atom stereocenters. The molecule has 0 saturated carbocycles. The van der Waals surface area contributed by atoms with Gasteiger partial charge in [-0.2, -0.15) is 13.2 Å². The van der Waals surface area contributed by atoms with Crippen LogP contribution in [-0.4, -0.2) is 45.7 Å². The van der Waals surface area contributed by atoms with E-state index < -0.39 is 46.8 Å². The molecule has 0 spiro atoms. The molecule has 1 aromatic rings. The number of nitrogens with zero attached hydrogens (tertiary/aromatic N) is 2. The molecule has 1 aliphatic rings. The molecule has 0 bridgehead atoms. The Balaban J connectivity index is 2.31. The Morgan fingerprint density at radius 3 is 2.59 bits per heavy atom. The molecule has 1 heterocycles. The average Bonchev–Trinajstić information content (AvgIpc) is 2.81. The van der Waals surface area contributed by atoms with E-state index in [4.69, 9.17) is 11.6 Å². The fourth-order valence-corrected chi connectivity index (χ4v) is 2.38. The number of amides is 1. The molecular weight excluding hydrogens is 329 g/mol. The third kappa shape index (κ3) is 2.86. The summed E-state index contributed by atoms with van der Waals surface area (Å²) >= 11 is 5.68. The van der Waals surface area contributed by atoms with Crippen molar-refractivity contribution in [2.75, 3.05) is 13.1 Å². The van der Waals surface area contributed by atoms with Crippen molar-refractivity contribution in [3.8, 4) is 0 Å². The Bertz CT molecular complexity index is 637. The van der Waals surface area contributed by atoms with Crippen molar-refractivity contribution in [1.29, 1.82) is 0 Å². The van der Waals surface area contributed by atoms with Gasteiger partial charge >= 0.3 is 6.18 Å². The summed E-state index contributed by atoms with van der Waals surface area (Å²) in [6.45, 7) is -1.34. The molecule has 1 amide bonds. The van der Waals surface area contributed by atoms with E-state index in [0.717, 1.165) is 17.0 Å². The maximum absolute atomic E-state index is 12.7. The number of carbonyl (C=O) groups is 1. The average molecular weight is 339 g/mol. The maximum Gasteiger partial charge on any atom is 0.419 e. The molecule has 120 valence electrons. The smallest absolute Gasteiger partial charge is 0.379 e. The van der Waals surface area contributed by atoms with Gasteiger partial charge in [-0.05, 0) is 12.1 Å². The zero-order chi connectivity index (χ0) is 16.7. The van der Waals surface area contributed by atoms with Crippen LogP contribution >= 0.6 is 11.6 Å². The van der Waals surface area contributed by atoms with Crippen LogP contribution < -0.4 is 0 Å². The second-order valence-corrected chi connectivity index (χ2v) is 5.36. The summed E-state index contributed by atoms with van der Waals surface area (Å²) in [5.41, 5.74) is -3.98. The molecule has 0 radical (unpaired) electrons. The molecule has 0 aromatic heterocycles. The molecule has 6 nitrogen and oxygen atoms in total. The highest BCUT2D eigenvalue weighted by Gasteiger charge is 2.58. The number of benzene rings is 1. The molecule has 0 aliphatic carbocycles. The van der Waals surface area contributed by atoms with Gasteiger partial charge in [-0.3, -0.25) is 14.9 Å². The first-order valence-electron chi connectivity index (χ1n) is 6.07. The van der Waals surface area contributed by atoms with Crippen LogP contribution in [0.4, 0.5) is 18.9 Å². The summed E-state index contributed by atoms with van der Waals surface area (Å²) in [6, 6.07) is 3.22. The molecule has 1 atom stereocenters. The number of rotatable bonds is 2. The van der Waals surface area contributed by atoms with Crippen LogP contribution in [0.1, 0.15) is 16.8 Å². The van der Waals surface area contributed by atoms with Crippen LogP contribution in [0, 0.1) is 10.1 Å². The van der Waals surface area contributed by atoms with Crippen LogP contribution in [0.2, 0.25) is 5.02 Å². The van der Waals surface area contributed by atoms with Gasteiger partial charge in [0.15, 0.2) is 5.60 Å². The Hall–Kier alpha value is -1.87. The lowest BCUT2D eigenvalue weighted by Gasteiger charge is -2.25. The Labute approximate surface area is 127 Å². The molecule has 2 rings (SSSR count). The van der Waals surface area contributed by atoms with Crippen LogP contribution in [0.3, 0.4) is 0 Å². The number of nitro groups is 1. The second kappa shape index (κ2) is 5.40. The van der Waals surface area contributed by atoms with Crippen LogP contribution in [0.25, 0.3) is 0 Å². The molecule has 1 aromatic carbocycles. The minimum absolute atomic E-state index is 0.0410. The summed E-state index contributed by atoms with van der Waals surface area (Å²) < 4.78 is 38.2. The fourth-order valence-electron chi connectivity index (χ4n) is 2.21.